The lowest BCUT2D eigenvalue weighted by Gasteiger charge is -2.12. The van der Waals surface area contributed by atoms with Gasteiger partial charge in [0.25, 0.3) is 0 Å². The Morgan fingerprint density at radius 2 is 1.45 bits per heavy atom. The summed E-state index contributed by atoms with van der Waals surface area (Å²) in [5, 5.41) is 0. The number of rotatable bonds is 7. The van der Waals surface area contributed by atoms with Crippen molar-refractivity contribution in [3.8, 4) is 0 Å². The Morgan fingerprint density at radius 3 is 1.73 bits per heavy atom. The van der Waals surface area contributed by atoms with Gasteiger partial charge in [-0.2, -0.15) is 0 Å². The Balaban J connectivity index is 3.25. The van der Waals surface area contributed by atoms with Gasteiger partial charge in [-0.3, -0.25) is 0 Å². The monoisotopic (exact) mass is 154 g/mol. The van der Waals surface area contributed by atoms with Crippen molar-refractivity contribution in [2.24, 2.45) is 5.92 Å². The maximum absolute atomic E-state index is 3.86. The van der Waals surface area contributed by atoms with Crippen LogP contribution in [0.25, 0.3) is 0 Å². The summed E-state index contributed by atoms with van der Waals surface area (Å²) in [5.41, 5.74) is 0. The molecule has 0 saturated heterocycles. The average molecular weight is 154 g/mol. The molecule has 0 rings (SSSR count). The van der Waals surface area contributed by atoms with Crippen molar-refractivity contribution in [1.29, 1.82) is 0 Å². The molecule has 0 nitrogen and oxygen atoms in total. The number of unbranched alkanes of at least 4 members (excludes halogenated alkanes) is 2. The van der Waals surface area contributed by atoms with Crippen LogP contribution in [0.2, 0.25) is 0 Å². The molecule has 0 unspecified atom stereocenters. The molecule has 66 valence electrons. The second kappa shape index (κ2) is 8.10. The Bertz CT molecular complexity index is 58.4. The Hall–Kier alpha value is 0. The highest BCUT2D eigenvalue weighted by Gasteiger charge is 2.03. The SMILES string of the molecule is [CH2]CCCC(CC)CCC[CH2]. The van der Waals surface area contributed by atoms with E-state index in [0.717, 1.165) is 18.8 Å². The Kier molecular flexibility index (Phi) is 8.10. The molecule has 0 aromatic heterocycles. The maximum Gasteiger partial charge on any atom is -0.0417 e. The van der Waals surface area contributed by atoms with Crippen molar-refractivity contribution in [3.63, 3.8) is 0 Å². The van der Waals surface area contributed by atoms with E-state index in [2.05, 4.69) is 20.8 Å². The Labute approximate surface area is 72.4 Å². The van der Waals surface area contributed by atoms with Gasteiger partial charge < -0.3 is 0 Å². The molecule has 0 N–H and O–H groups in total. The zero-order valence-electron chi connectivity index (χ0n) is 7.94. The standard InChI is InChI=1S/C11H22/c1-4-7-9-11(6-3)10-8-5-2/h11H,1-2,4-10H2,3H3. The van der Waals surface area contributed by atoms with E-state index in [1.54, 1.807) is 0 Å². The predicted octanol–water partition coefficient (Wildman–Crippen LogP) is 4.02. The first-order chi connectivity index (χ1) is 5.35. The quantitative estimate of drug-likeness (QED) is 0.519. The second-order valence-electron chi connectivity index (χ2n) is 3.27. The molecule has 2 radical (unpaired) electrons. The topological polar surface area (TPSA) is 0 Å². The summed E-state index contributed by atoms with van der Waals surface area (Å²) in [6.07, 6.45) is 8.88. The summed E-state index contributed by atoms with van der Waals surface area (Å²) < 4.78 is 0. The first-order valence-electron chi connectivity index (χ1n) is 4.93. The largest absolute Gasteiger partial charge is 0.0651 e. The molecule has 0 aliphatic heterocycles. The molecule has 0 amide bonds. The normalized spacial score (nSPS) is 10.9. The number of hydrogen-bond acceptors (Lipinski definition) is 0. The van der Waals surface area contributed by atoms with Crippen molar-refractivity contribution in [1.82, 2.24) is 0 Å². The van der Waals surface area contributed by atoms with Crippen LogP contribution in [0.4, 0.5) is 0 Å². The lowest BCUT2D eigenvalue weighted by molar-refractivity contribution is 0.414. The van der Waals surface area contributed by atoms with Crippen molar-refractivity contribution in [2.75, 3.05) is 0 Å². The van der Waals surface area contributed by atoms with Crippen LogP contribution in [0, 0.1) is 19.8 Å². The number of hydrogen-bond donors (Lipinski definition) is 0. The van der Waals surface area contributed by atoms with Gasteiger partial charge in [0.05, 0.1) is 0 Å². The molecule has 0 bridgehead atoms. The van der Waals surface area contributed by atoms with Gasteiger partial charge in [0.2, 0.25) is 0 Å². The van der Waals surface area contributed by atoms with E-state index in [4.69, 9.17) is 0 Å². The molecule has 0 aliphatic carbocycles. The fraction of sp³-hybridized carbons (Fsp3) is 0.818. The van der Waals surface area contributed by atoms with Crippen LogP contribution in [0.15, 0.2) is 0 Å². The summed E-state index contributed by atoms with van der Waals surface area (Å²) in [4.78, 5) is 0. The first-order valence-corrected chi connectivity index (χ1v) is 4.93. The van der Waals surface area contributed by atoms with E-state index in [1.807, 2.05) is 0 Å². The first kappa shape index (κ1) is 11.0. The molecule has 0 spiro atoms. The molecule has 0 fully saturated rings. The van der Waals surface area contributed by atoms with Crippen LogP contribution in [0.5, 0.6) is 0 Å². The minimum absolute atomic E-state index is 0.943. The fourth-order valence-electron chi connectivity index (χ4n) is 1.42. The highest BCUT2D eigenvalue weighted by Crippen LogP contribution is 2.18. The second-order valence-corrected chi connectivity index (χ2v) is 3.27. The maximum atomic E-state index is 3.86. The molecule has 0 heterocycles. The third-order valence-corrected chi connectivity index (χ3v) is 2.30. The van der Waals surface area contributed by atoms with Crippen LogP contribution in [0.3, 0.4) is 0 Å². The predicted molar refractivity (Wildman–Crippen MR) is 52.2 cm³/mol. The van der Waals surface area contributed by atoms with Crippen LogP contribution < -0.4 is 0 Å². The highest BCUT2D eigenvalue weighted by atomic mass is 14.1. The third kappa shape index (κ3) is 6.40. The van der Waals surface area contributed by atoms with Gasteiger partial charge in [-0.25, -0.2) is 0 Å². The molecule has 0 saturated carbocycles. The summed E-state index contributed by atoms with van der Waals surface area (Å²) in [6, 6.07) is 0. The minimum Gasteiger partial charge on any atom is -0.0651 e. The third-order valence-electron chi connectivity index (χ3n) is 2.30. The molecule has 0 aromatic rings. The van der Waals surface area contributed by atoms with E-state index in [1.165, 1.54) is 32.1 Å². The van der Waals surface area contributed by atoms with Gasteiger partial charge in [-0.15, -0.1) is 0 Å². The zero-order chi connectivity index (χ0) is 8.53. The van der Waals surface area contributed by atoms with Crippen LogP contribution >= 0.6 is 0 Å². The van der Waals surface area contributed by atoms with Crippen LogP contribution in [0.1, 0.15) is 51.9 Å². The smallest absolute Gasteiger partial charge is 0.0417 e. The van der Waals surface area contributed by atoms with Gasteiger partial charge >= 0.3 is 0 Å². The van der Waals surface area contributed by atoms with E-state index in [-0.39, 0.29) is 0 Å². The van der Waals surface area contributed by atoms with Gasteiger partial charge in [-0.05, 0) is 5.92 Å². The molecule has 0 aromatic carbocycles. The van der Waals surface area contributed by atoms with E-state index < -0.39 is 0 Å². The summed E-state index contributed by atoms with van der Waals surface area (Å²) in [6.45, 7) is 10.0. The van der Waals surface area contributed by atoms with E-state index >= 15 is 0 Å². The molecular weight excluding hydrogens is 132 g/mol. The van der Waals surface area contributed by atoms with E-state index in [9.17, 15) is 0 Å². The van der Waals surface area contributed by atoms with Crippen LogP contribution in [-0.4, -0.2) is 0 Å². The van der Waals surface area contributed by atoms with Crippen molar-refractivity contribution in [2.45, 2.75) is 51.9 Å². The highest BCUT2D eigenvalue weighted by molar-refractivity contribution is 4.58. The average Bonchev–Trinajstić information content (AvgIpc) is 2.05. The molecular formula is C11H22. The van der Waals surface area contributed by atoms with Gasteiger partial charge in [-0.1, -0.05) is 65.7 Å². The summed E-state index contributed by atoms with van der Waals surface area (Å²) in [5.74, 6) is 0.943. The lowest BCUT2D eigenvalue weighted by Crippen LogP contribution is -1.98. The minimum atomic E-state index is 0.943. The van der Waals surface area contributed by atoms with Gasteiger partial charge in [0.1, 0.15) is 0 Å². The van der Waals surface area contributed by atoms with Gasteiger partial charge in [0.15, 0.2) is 0 Å². The molecule has 11 heavy (non-hydrogen) atoms. The van der Waals surface area contributed by atoms with Crippen molar-refractivity contribution < 1.29 is 0 Å². The van der Waals surface area contributed by atoms with E-state index in [0.29, 0.717) is 0 Å². The van der Waals surface area contributed by atoms with Crippen molar-refractivity contribution >= 4 is 0 Å². The molecule has 0 aliphatic rings. The van der Waals surface area contributed by atoms with Crippen LogP contribution in [-0.2, 0) is 0 Å². The van der Waals surface area contributed by atoms with Crippen molar-refractivity contribution in [3.05, 3.63) is 13.8 Å². The van der Waals surface area contributed by atoms with Gasteiger partial charge in [0, 0.05) is 0 Å². The zero-order valence-corrected chi connectivity index (χ0v) is 7.94. The summed E-state index contributed by atoms with van der Waals surface area (Å²) >= 11 is 0. The summed E-state index contributed by atoms with van der Waals surface area (Å²) in [7, 11) is 0. The molecule has 0 heteroatoms. The fourth-order valence-corrected chi connectivity index (χ4v) is 1.42. The Morgan fingerprint density at radius 1 is 1.00 bits per heavy atom. The molecule has 0 atom stereocenters. The lowest BCUT2D eigenvalue weighted by atomic mass is 9.94.